The van der Waals surface area contributed by atoms with Crippen LogP contribution in [0.2, 0.25) is 0 Å². The number of thioether (sulfide) groups is 1. The Bertz CT molecular complexity index is 373. The molecule has 0 unspecified atom stereocenters. The van der Waals surface area contributed by atoms with E-state index < -0.39 is 35.9 Å². The molecule has 0 bridgehead atoms. The fourth-order valence-electron chi connectivity index (χ4n) is 1.27. The van der Waals surface area contributed by atoms with E-state index in [0.717, 1.165) is 0 Å². The van der Waals surface area contributed by atoms with Gasteiger partial charge in [-0.3, -0.25) is 9.59 Å². The summed E-state index contributed by atoms with van der Waals surface area (Å²) in [6, 6.07) is -3.06. The molecule has 122 valence electrons. The lowest BCUT2D eigenvalue weighted by Gasteiger charge is -2.20. The van der Waals surface area contributed by atoms with E-state index in [1.807, 2.05) is 6.26 Å². The van der Waals surface area contributed by atoms with Crippen molar-refractivity contribution in [2.45, 2.75) is 24.5 Å². The van der Waals surface area contributed by atoms with Crippen LogP contribution in [0, 0.1) is 0 Å². The molecule has 10 heteroatoms. The zero-order valence-electron chi connectivity index (χ0n) is 11.5. The topological polar surface area (TPSA) is 122 Å². The van der Waals surface area contributed by atoms with E-state index >= 15 is 0 Å². The molecule has 0 aliphatic carbocycles. The van der Waals surface area contributed by atoms with Crippen molar-refractivity contribution >= 4 is 52.7 Å². The molecule has 7 nitrogen and oxygen atoms in total. The van der Waals surface area contributed by atoms with E-state index in [0.29, 0.717) is 12.2 Å². The maximum atomic E-state index is 11.8. The number of alkyl halides is 2. The summed E-state index contributed by atoms with van der Waals surface area (Å²) in [5.41, 5.74) is 5.67. The molecule has 2 amide bonds. The van der Waals surface area contributed by atoms with Gasteiger partial charge in [-0.2, -0.15) is 11.8 Å². The van der Waals surface area contributed by atoms with Gasteiger partial charge in [-0.1, -0.05) is 0 Å². The highest BCUT2D eigenvalue weighted by Crippen LogP contribution is 2.00. The van der Waals surface area contributed by atoms with Crippen LogP contribution in [0.1, 0.15) is 6.42 Å². The van der Waals surface area contributed by atoms with Crippen molar-refractivity contribution in [1.82, 2.24) is 10.6 Å². The van der Waals surface area contributed by atoms with Crippen molar-refractivity contribution in [2.24, 2.45) is 5.73 Å². The van der Waals surface area contributed by atoms with Crippen LogP contribution in [0.25, 0.3) is 0 Å². The first-order chi connectivity index (χ1) is 9.87. The molecule has 0 radical (unpaired) electrons. The average molecular weight is 360 g/mol. The van der Waals surface area contributed by atoms with Crippen molar-refractivity contribution < 1.29 is 19.5 Å². The summed E-state index contributed by atoms with van der Waals surface area (Å²) in [7, 11) is 0. The number of carboxylic acid groups (broad SMARTS) is 1. The number of nitrogens with two attached hydrogens (primary N) is 1. The Morgan fingerprint density at radius 2 is 1.67 bits per heavy atom. The van der Waals surface area contributed by atoms with Crippen LogP contribution >= 0.6 is 35.0 Å². The van der Waals surface area contributed by atoms with Crippen molar-refractivity contribution in [3.8, 4) is 0 Å². The highest BCUT2D eigenvalue weighted by molar-refractivity contribution is 7.98. The number of carbonyl (C=O) groups excluding carboxylic acids is 2. The fraction of sp³-hybridized carbons (Fsp3) is 0.727. The van der Waals surface area contributed by atoms with E-state index in [2.05, 4.69) is 10.6 Å². The molecular weight excluding hydrogens is 341 g/mol. The fourth-order valence-corrected chi connectivity index (χ4v) is 2.18. The molecule has 0 aromatic rings. The average Bonchev–Trinajstić information content (AvgIpc) is 2.46. The number of nitrogens with one attached hydrogen (secondary N) is 2. The molecule has 0 rings (SSSR count). The van der Waals surface area contributed by atoms with Gasteiger partial charge in [-0.25, -0.2) is 4.79 Å². The van der Waals surface area contributed by atoms with Gasteiger partial charge >= 0.3 is 5.97 Å². The van der Waals surface area contributed by atoms with Crippen molar-refractivity contribution in [3.63, 3.8) is 0 Å². The van der Waals surface area contributed by atoms with Crippen LogP contribution in [-0.2, 0) is 14.4 Å². The number of halogens is 2. The van der Waals surface area contributed by atoms with E-state index in [1.165, 1.54) is 0 Å². The van der Waals surface area contributed by atoms with Gasteiger partial charge in [0, 0.05) is 0 Å². The van der Waals surface area contributed by atoms with Crippen LogP contribution in [0.3, 0.4) is 0 Å². The summed E-state index contributed by atoms with van der Waals surface area (Å²) < 4.78 is 0. The Balaban J connectivity index is 4.52. The molecule has 0 saturated carbocycles. The number of aliphatic carboxylic acids is 1. The molecule has 0 saturated heterocycles. The number of hydrogen-bond donors (Lipinski definition) is 4. The highest BCUT2D eigenvalue weighted by Gasteiger charge is 2.26. The van der Waals surface area contributed by atoms with Crippen molar-refractivity contribution in [3.05, 3.63) is 0 Å². The van der Waals surface area contributed by atoms with Gasteiger partial charge in [0.2, 0.25) is 11.8 Å². The lowest BCUT2D eigenvalue weighted by Crippen LogP contribution is -2.55. The van der Waals surface area contributed by atoms with E-state index in [9.17, 15) is 14.4 Å². The molecule has 0 fully saturated rings. The summed E-state index contributed by atoms with van der Waals surface area (Å²) in [6.07, 6.45) is 2.35. The summed E-state index contributed by atoms with van der Waals surface area (Å²) in [5.74, 6) is -2.29. The largest absolute Gasteiger partial charge is 0.480 e. The van der Waals surface area contributed by atoms with Gasteiger partial charge in [0.15, 0.2) is 0 Å². The maximum Gasteiger partial charge on any atom is 0.327 e. The number of carboxylic acids is 1. The third-order valence-corrected chi connectivity index (χ3v) is 3.79. The molecule has 0 aromatic heterocycles. The van der Waals surface area contributed by atoms with Crippen LogP contribution in [0.15, 0.2) is 0 Å². The second kappa shape index (κ2) is 10.9. The molecular formula is C11H19Cl2N3O4S. The van der Waals surface area contributed by atoms with Gasteiger partial charge < -0.3 is 21.5 Å². The zero-order chi connectivity index (χ0) is 16.4. The minimum Gasteiger partial charge on any atom is -0.480 e. The molecule has 3 atom stereocenters. The van der Waals surface area contributed by atoms with Crippen molar-refractivity contribution in [1.29, 1.82) is 0 Å². The summed E-state index contributed by atoms with van der Waals surface area (Å²) in [5, 5.41) is 13.4. The van der Waals surface area contributed by atoms with Gasteiger partial charge in [0.1, 0.15) is 12.1 Å². The lowest BCUT2D eigenvalue weighted by atomic mass is 10.2. The maximum absolute atomic E-state index is 11.8. The molecule has 0 spiro atoms. The Labute approximate surface area is 137 Å². The summed E-state index contributed by atoms with van der Waals surface area (Å²) >= 11 is 12.6. The van der Waals surface area contributed by atoms with Crippen LogP contribution in [0.5, 0.6) is 0 Å². The monoisotopic (exact) mass is 359 g/mol. The first kappa shape index (κ1) is 20.3. The van der Waals surface area contributed by atoms with E-state index in [4.69, 9.17) is 34.0 Å². The molecule has 21 heavy (non-hydrogen) atoms. The molecule has 0 aliphatic rings. The van der Waals surface area contributed by atoms with Crippen LogP contribution < -0.4 is 16.4 Å². The predicted molar refractivity (Wildman–Crippen MR) is 83.9 cm³/mol. The number of hydrogen-bond acceptors (Lipinski definition) is 5. The number of amides is 2. The zero-order valence-corrected chi connectivity index (χ0v) is 13.8. The van der Waals surface area contributed by atoms with Gasteiger partial charge in [-0.05, 0) is 18.4 Å². The SMILES string of the molecule is CSCC[C@H](N)C(=O)N[C@@H](CCl)C(=O)N[C@@H](CCl)C(=O)O. The summed E-state index contributed by atoms with van der Waals surface area (Å²) in [4.78, 5) is 34.4. The molecule has 0 heterocycles. The van der Waals surface area contributed by atoms with E-state index in [-0.39, 0.29) is 11.8 Å². The van der Waals surface area contributed by atoms with Crippen molar-refractivity contribution in [2.75, 3.05) is 23.8 Å². The van der Waals surface area contributed by atoms with Crippen LogP contribution in [0.4, 0.5) is 0 Å². The third kappa shape index (κ3) is 7.75. The quantitative estimate of drug-likeness (QED) is 0.393. The lowest BCUT2D eigenvalue weighted by molar-refractivity contribution is -0.141. The summed E-state index contributed by atoms with van der Waals surface area (Å²) in [6.45, 7) is 0. The third-order valence-electron chi connectivity index (χ3n) is 2.53. The molecule has 5 N–H and O–H groups in total. The highest BCUT2D eigenvalue weighted by atomic mass is 35.5. The first-order valence-electron chi connectivity index (χ1n) is 6.07. The second-order valence-electron chi connectivity index (χ2n) is 4.16. The smallest absolute Gasteiger partial charge is 0.327 e. The standard InChI is InChI=1S/C11H19Cl2N3O4S/c1-21-3-2-6(14)9(17)15-7(4-12)10(18)16-8(5-13)11(19)20/h6-8H,2-5,14H2,1H3,(H,15,17)(H,16,18)(H,19,20)/t6-,7-,8-/m0/s1. The minimum absolute atomic E-state index is 0.207. The minimum atomic E-state index is -1.27. The Hall–Kier alpha value is -0.700. The van der Waals surface area contributed by atoms with Gasteiger partial charge in [0.05, 0.1) is 17.8 Å². The van der Waals surface area contributed by atoms with E-state index in [1.54, 1.807) is 11.8 Å². The van der Waals surface area contributed by atoms with Gasteiger partial charge in [0.25, 0.3) is 0 Å². The molecule has 0 aromatic carbocycles. The van der Waals surface area contributed by atoms with Crippen LogP contribution in [-0.4, -0.2) is 64.8 Å². The predicted octanol–water partition coefficient (Wildman–Crippen LogP) is -0.401. The molecule has 0 aliphatic heterocycles. The Morgan fingerprint density at radius 1 is 1.14 bits per heavy atom. The number of rotatable bonds is 10. The normalized spacial score (nSPS) is 14.9. The second-order valence-corrected chi connectivity index (χ2v) is 5.76. The Kier molecular flexibility index (Phi) is 10.6. The van der Waals surface area contributed by atoms with Gasteiger partial charge in [-0.15, -0.1) is 23.2 Å². The number of carbonyl (C=O) groups is 3. The first-order valence-corrected chi connectivity index (χ1v) is 8.53. The Morgan fingerprint density at radius 3 is 2.10 bits per heavy atom.